The number of nitrogens with zero attached hydrogens (tertiary/aromatic N) is 1. The molecule has 2 N–H and O–H groups in total. The molecule has 0 spiro atoms. The lowest BCUT2D eigenvalue weighted by molar-refractivity contribution is -0.137. The lowest BCUT2D eigenvalue weighted by atomic mass is 10.1. The van der Waals surface area contributed by atoms with Crippen LogP contribution >= 0.6 is 0 Å². The summed E-state index contributed by atoms with van der Waals surface area (Å²) in [7, 11) is 0. The fourth-order valence-electron chi connectivity index (χ4n) is 2.01. The number of alkyl halides is 3. The van der Waals surface area contributed by atoms with Crippen LogP contribution in [-0.2, 0) is 11.0 Å². The van der Waals surface area contributed by atoms with Gasteiger partial charge < -0.3 is 15.2 Å². The van der Waals surface area contributed by atoms with Gasteiger partial charge in [0, 0.05) is 5.69 Å². The number of anilines is 1. The molecule has 0 aromatic heterocycles. The minimum Gasteiger partial charge on any atom is -0.490 e. The predicted molar refractivity (Wildman–Crippen MR) is 88.9 cm³/mol. The summed E-state index contributed by atoms with van der Waals surface area (Å²) in [6.07, 6.45) is -4.74. The highest BCUT2D eigenvalue weighted by molar-refractivity contribution is 5.97. The first kappa shape index (κ1) is 19.3. The summed E-state index contributed by atoms with van der Waals surface area (Å²) < 4.78 is 44.2. The van der Waals surface area contributed by atoms with E-state index in [1.807, 2.05) is 0 Å². The maximum atomic E-state index is 13.0. The van der Waals surface area contributed by atoms with E-state index in [-0.39, 0.29) is 5.69 Å². The van der Waals surface area contributed by atoms with Gasteiger partial charge in [0.05, 0.1) is 12.1 Å². The van der Waals surface area contributed by atoms with Gasteiger partial charge in [-0.3, -0.25) is 4.79 Å². The van der Waals surface area contributed by atoms with Crippen molar-refractivity contribution >= 4 is 17.3 Å². The molecule has 2 aromatic carbocycles. The standard InChI is InChI=1S/C18H15F3N2O3/c1-17(25,11-26-13-6-4-3-5-7-13)16(24)23-12-8-9-15(22-2)14(10-12)18(19,20)21/h3-10,25H,11H2,1H3,(H,23,24)/t17-/m0/s1. The van der Waals surface area contributed by atoms with E-state index in [0.717, 1.165) is 12.1 Å². The summed E-state index contributed by atoms with van der Waals surface area (Å²) in [5.41, 5.74) is -3.90. The molecule has 2 rings (SSSR count). The third kappa shape index (κ3) is 4.74. The number of aliphatic hydroxyl groups is 1. The highest BCUT2D eigenvalue weighted by atomic mass is 19.4. The third-order valence-electron chi connectivity index (χ3n) is 3.43. The van der Waals surface area contributed by atoms with Crippen LogP contribution in [0.25, 0.3) is 4.85 Å². The van der Waals surface area contributed by atoms with Crippen LogP contribution in [0, 0.1) is 6.57 Å². The molecule has 0 saturated heterocycles. The molecule has 0 saturated carbocycles. The van der Waals surface area contributed by atoms with E-state index in [1.165, 1.54) is 6.92 Å². The molecule has 5 nitrogen and oxygen atoms in total. The van der Waals surface area contributed by atoms with Crippen LogP contribution in [0.3, 0.4) is 0 Å². The molecule has 2 aromatic rings. The highest BCUT2D eigenvalue weighted by Crippen LogP contribution is 2.38. The van der Waals surface area contributed by atoms with Gasteiger partial charge in [-0.05, 0) is 31.2 Å². The first-order valence-electron chi connectivity index (χ1n) is 7.44. The molecule has 8 heteroatoms. The fraction of sp³-hybridized carbons (Fsp3) is 0.222. The number of hydrogen-bond acceptors (Lipinski definition) is 3. The maximum absolute atomic E-state index is 13.0. The van der Waals surface area contributed by atoms with Gasteiger partial charge in [0.25, 0.3) is 5.91 Å². The normalized spacial score (nSPS) is 13.4. The molecule has 0 aliphatic heterocycles. The van der Waals surface area contributed by atoms with Gasteiger partial charge in [0.2, 0.25) is 0 Å². The summed E-state index contributed by atoms with van der Waals surface area (Å²) in [4.78, 5) is 15.0. The number of halogens is 3. The Kier molecular flexibility index (Phi) is 5.53. The van der Waals surface area contributed by atoms with Crippen LogP contribution in [0.4, 0.5) is 24.5 Å². The van der Waals surface area contributed by atoms with E-state index in [4.69, 9.17) is 11.3 Å². The Hall–Kier alpha value is -3.05. The Balaban J connectivity index is 2.12. The van der Waals surface area contributed by atoms with Gasteiger partial charge in [-0.15, -0.1) is 0 Å². The van der Waals surface area contributed by atoms with Crippen LogP contribution in [0.15, 0.2) is 48.5 Å². The average Bonchev–Trinajstić information content (AvgIpc) is 2.60. The van der Waals surface area contributed by atoms with Crippen molar-refractivity contribution < 1.29 is 27.8 Å². The van der Waals surface area contributed by atoms with Crippen molar-refractivity contribution in [3.63, 3.8) is 0 Å². The number of rotatable bonds is 5. The Labute approximate surface area is 147 Å². The van der Waals surface area contributed by atoms with Crippen molar-refractivity contribution in [3.05, 3.63) is 65.5 Å². The van der Waals surface area contributed by atoms with Crippen LogP contribution in [0.5, 0.6) is 5.75 Å². The predicted octanol–water partition coefficient (Wildman–Crippen LogP) is 4.02. The molecule has 0 fully saturated rings. The van der Waals surface area contributed by atoms with E-state index in [0.29, 0.717) is 11.8 Å². The number of hydrogen-bond donors (Lipinski definition) is 2. The monoisotopic (exact) mass is 364 g/mol. The van der Waals surface area contributed by atoms with E-state index in [2.05, 4.69) is 10.2 Å². The van der Waals surface area contributed by atoms with Crippen molar-refractivity contribution in [1.29, 1.82) is 0 Å². The summed E-state index contributed by atoms with van der Waals surface area (Å²) in [6, 6.07) is 11.2. The number of amides is 1. The summed E-state index contributed by atoms with van der Waals surface area (Å²) in [6.45, 7) is 7.58. The molecule has 1 amide bonds. The molecule has 0 aliphatic rings. The second-order valence-electron chi connectivity index (χ2n) is 5.67. The minimum absolute atomic E-state index is 0.185. The molecular weight excluding hydrogens is 349 g/mol. The smallest absolute Gasteiger partial charge is 0.407 e. The van der Waals surface area contributed by atoms with Crippen LogP contribution in [0.1, 0.15) is 12.5 Å². The molecule has 0 aliphatic carbocycles. The number of carbonyl (C=O) groups excluding carboxylic acids is 1. The van der Waals surface area contributed by atoms with Crippen molar-refractivity contribution in [2.75, 3.05) is 11.9 Å². The summed E-state index contributed by atoms with van der Waals surface area (Å²) in [5, 5.41) is 12.4. The quantitative estimate of drug-likeness (QED) is 0.788. The van der Waals surface area contributed by atoms with Gasteiger partial charge in [0.1, 0.15) is 12.4 Å². The van der Waals surface area contributed by atoms with Gasteiger partial charge in [0.15, 0.2) is 11.3 Å². The molecule has 136 valence electrons. The Morgan fingerprint density at radius 1 is 1.23 bits per heavy atom. The molecule has 0 radical (unpaired) electrons. The molecule has 1 atom stereocenters. The number of para-hydroxylation sites is 1. The lowest BCUT2D eigenvalue weighted by Gasteiger charge is -2.23. The van der Waals surface area contributed by atoms with E-state index < -0.39 is 35.5 Å². The maximum Gasteiger partial charge on any atom is 0.407 e. The third-order valence-corrected chi connectivity index (χ3v) is 3.43. The Morgan fingerprint density at radius 3 is 2.46 bits per heavy atom. The first-order valence-corrected chi connectivity index (χ1v) is 7.44. The van der Waals surface area contributed by atoms with Crippen molar-refractivity contribution in [2.45, 2.75) is 18.7 Å². The number of carbonyl (C=O) groups is 1. The zero-order valence-electron chi connectivity index (χ0n) is 13.7. The Bertz CT molecular complexity index is 828. The van der Waals surface area contributed by atoms with E-state index in [9.17, 15) is 23.1 Å². The molecule has 0 bridgehead atoms. The van der Waals surface area contributed by atoms with Gasteiger partial charge in [-0.25, -0.2) is 4.85 Å². The van der Waals surface area contributed by atoms with Crippen molar-refractivity contribution in [1.82, 2.24) is 0 Å². The zero-order valence-corrected chi connectivity index (χ0v) is 13.7. The second kappa shape index (κ2) is 7.45. The Morgan fingerprint density at radius 2 is 1.88 bits per heavy atom. The van der Waals surface area contributed by atoms with Crippen LogP contribution < -0.4 is 10.1 Å². The summed E-state index contributed by atoms with van der Waals surface area (Å²) in [5.74, 6) is -0.501. The zero-order chi connectivity index (χ0) is 19.4. The SMILES string of the molecule is [C-]#[N+]c1ccc(NC(=O)[C@@](C)(O)COc2ccccc2)cc1C(F)(F)F. The molecule has 0 heterocycles. The topological polar surface area (TPSA) is 62.9 Å². The largest absolute Gasteiger partial charge is 0.490 e. The van der Waals surface area contributed by atoms with Crippen LogP contribution in [-0.4, -0.2) is 23.2 Å². The lowest BCUT2D eigenvalue weighted by Crippen LogP contribution is -2.45. The van der Waals surface area contributed by atoms with Crippen molar-refractivity contribution in [2.24, 2.45) is 0 Å². The fourth-order valence-corrected chi connectivity index (χ4v) is 2.01. The molecule has 0 unspecified atom stereocenters. The number of nitrogens with one attached hydrogen (secondary N) is 1. The second-order valence-corrected chi connectivity index (χ2v) is 5.67. The van der Waals surface area contributed by atoms with E-state index in [1.54, 1.807) is 30.3 Å². The first-order chi connectivity index (χ1) is 12.1. The molecule has 26 heavy (non-hydrogen) atoms. The summed E-state index contributed by atoms with van der Waals surface area (Å²) >= 11 is 0. The van der Waals surface area contributed by atoms with Gasteiger partial charge in [-0.2, -0.15) is 13.2 Å². The van der Waals surface area contributed by atoms with Gasteiger partial charge in [-0.1, -0.05) is 24.3 Å². The number of ether oxygens (including phenoxy) is 1. The van der Waals surface area contributed by atoms with Crippen molar-refractivity contribution in [3.8, 4) is 5.75 Å². The highest BCUT2D eigenvalue weighted by Gasteiger charge is 2.35. The van der Waals surface area contributed by atoms with E-state index >= 15 is 0 Å². The minimum atomic E-state index is -4.74. The molecular formula is C18H15F3N2O3. The van der Waals surface area contributed by atoms with Gasteiger partial charge >= 0.3 is 6.18 Å². The average molecular weight is 364 g/mol. The van der Waals surface area contributed by atoms with Crippen LogP contribution in [0.2, 0.25) is 0 Å². The number of benzene rings is 2.